The Hall–Kier alpha value is -2.62. The Kier molecular flexibility index (Phi) is 4.88. The first-order valence-corrected chi connectivity index (χ1v) is 8.69. The van der Waals surface area contributed by atoms with Gasteiger partial charge in [0.2, 0.25) is 11.8 Å². The molecule has 0 bridgehead atoms. The van der Waals surface area contributed by atoms with E-state index in [1.54, 1.807) is 4.90 Å². The molecule has 2 aromatic rings. The molecule has 1 aliphatic rings. The molecule has 0 radical (unpaired) electrons. The van der Waals surface area contributed by atoms with Crippen LogP contribution in [0.25, 0.3) is 0 Å². The van der Waals surface area contributed by atoms with Crippen molar-refractivity contribution in [3.63, 3.8) is 0 Å². The van der Waals surface area contributed by atoms with Gasteiger partial charge < -0.3 is 10.2 Å². The van der Waals surface area contributed by atoms with Gasteiger partial charge in [-0.2, -0.15) is 0 Å². The molecule has 1 unspecified atom stereocenters. The molecular formula is C21H24N2O2. The number of rotatable bonds is 6. The van der Waals surface area contributed by atoms with Crippen LogP contribution in [0.4, 0.5) is 0 Å². The van der Waals surface area contributed by atoms with Crippen LogP contribution in [0.15, 0.2) is 60.7 Å². The zero-order valence-electron chi connectivity index (χ0n) is 14.7. The quantitative estimate of drug-likeness (QED) is 0.824. The SMILES string of the molecule is CC(C)(C(=O)NC(Cc1ccccc1)c1ccccc1)N1CCC1=O. The Morgan fingerprint density at radius 2 is 1.68 bits per heavy atom. The van der Waals surface area contributed by atoms with Gasteiger partial charge in [0, 0.05) is 13.0 Å². The summed E-state index contributed by atoms with van der Waals surface area (Å²) in [5.74, 6) is -0.0789. The predicted octanol–water partition coefficient (Wildman–Crippen LogP) is 3.10. The fourth-order valence-corrected chi connectivity index (χ4v) is 3.15. The number of β-lactam (4-membered cyclic amide) rings is 1. The summed E-state index contributed by atoms with van der Waals surface area (Å²) in [5, 5.41) is 3.16. The van der Waals surface area contributed by atoms with E-state index in [1.165, 1.54) is 0 Å². The smallest absolute Gasteiger partial charge is 0.245 e. The Balaban J connectivity index is 1.80. The summed E-state index contributed by atoms with van der Waals surface area (Å²) in [6.45, 7) is 4.27. The Bertz CT molecular complexity index is 741. The van der Waals surface area contributed by atoms with Gasteiger partial charge in [-0.1, -0.05) is 60.7 Å². The van der Waals surface area contributed by atoms with E-state index < -0.39 is 5.54 Å². The van der Waals surface area contributed by atoms with Crippen LogP contribution < -0.4 is 5.32 Å². The lowest BCUT2D eigenvalue weighted by Gasteiger charge is -2.43. The normalized spacial score (nSPS) is 15.4. The average molecular weight is 336 g/mol. The van der Waals surface area contributed by atoms with E-state index in [4.69, 9.17) is 0 Å². The topological polar surface area (TPSA) is 49.4 Å². The van der Waals surface area contributed by atoms with Gasteiger partial charge in [0.05, 0.1) is 6.04 Å². The van der Waals surface area contributed by atoms with Crippen molar-refractivity contribution in [3.05, 3.63) is 71.8 Å². The number of hydrogen-bond acceptors (Lipinski definition) is 2. The van der Waals surface area contributed by atoms with Crippen LogP contribution >= 0.6 is 0 Å². The summed E-state index contributed by atoms with van der Waals surface area (Å²) < 4.78 is 0. The van der Waals surface area contributed by atoms with Gasteiger partial charge in [0.15, 0.2) is 0 Å². The van der Waals surface area contributed by atoms with Gasteiger partial charge in [0.1, 0.15) is 5.54 Å². The van der Waals surface area contributed by atoms with Crippen molar-refractivity contribution in [2.75, 3.05) is 6.54 Å². The van der Waals surface area contributed by atoms with Crippen molar-refractivity contribution in [3.8, 4) is 0 Å². The van der Waals surface area contributed by atoms with Crippen molar-refractivity contribution < 1.29 is 9.59 Å². The van der Waals surface area contributed by atoms with E-state index in [0.29, 0.717) is 19.4 Å². The van der Waals surface area contributed by atoms with E-state index in [-0.39, 0.29) is 17.9 Å². The monoisotopic (exact) mass is 336 g/mol. The molecule has 25 heavy (non-hydrogen) atoms. The molecule has 2 amide bonds. The van der Waals surface area contributed by atoms with Crippen LogP contribution in [0.3, 0.4) is 0 Å². The first kappa shape index (κ1) is 17.2. The van der Waals surface area contributed by atoms with Crippen molar-refractivity contribution in [2.45, 2.75) is 38.3 Å². The number of amides is 2. The number of benzene rings is 2. The van der Waals surface area contributed by atoms with Crippen molar-refractivity contribution in [2.24, 2.45) is 0 Å². The summed E-state index contributed by atoms with van der Waals surface area (Å²) in [7, 11) is 0. The molecule has 1 N–H and O–H groups in total. The molecular weight excluding hydrogens is 312 g/mol. The summed E-state index contributed by atoms with van der Waals surface area (Å²) in [5.41, 5.74) is 1.39. The highest BCUT2D eigenvalue weighted by atomic mass is 16.2. The van der Waals surface area contributed by atoms with Crippen LogP contribution in [-0.2, 0) is 16.0 Å². The lowest BCUT2D eigenvalue weighted by Crippen LogP contribution is -2.62. The maximum atomic E-state index is 12.9. The minimum atomic E-state index is -0.834. The molecule has 0 spiro atoms. The van der Waals surface area contributed by atoms with E-state index >= 15 is 0 Å². The predicted molar refractivity (Wildman–Crippen MR) is 97.9 cm³/mol. The Morgan fingerprint density at radius 3 is 2.20 bits per heavy atom. The second kappa shape index (κ2) is 7.09. The third-order valence-electron chi connectivity index (χ3n) is 4.87. The Morgan fingerprint density at radius 1 is 1.08 bits per heavy atom. The van der Waals surface area contributed by atoms with Crippen LogP contribution in [-0.4, -0.2) is 28.8 Å². The molecule has 1 atom stereocenters. The van der Waals surface area contributed by atoms with Gasteiger partial charge in [-0.3, -0.25) is 9.59 Å². The van der Waals surface area contributed by atoms with Gasteiger partial charge in [-0.05, 0) is 31.4 Å². The summed E-state index contributed by atoms with van der Waals surface area (Å²) in [6.07, 6.45) is 1.24. The van der Waals surface area contributed by atoms with E-state index in [0.717, 1.165) is 11.1 Å². The molecule has 130 valence electrons. The van der Waals surface area contributed by atoms with Crippen LogP contribution in [0, 0.1) is 0 Å². The molecule has 2 aromatic carbocycles. The summed E-state index contributed by atoms with van der Waals surface area (Å²) >= 11 is 0. The van der Waals surface area contributed by atoms with E-state index in [1.807, 2.05) is 62.4 Å². The van der Waals surface area contributed by atoms with Crippen LogP contribution in [0.1, 0.15) is 37.4 Å². The lowest BCUT2D eigenvalue weighted by molar-refractivity contribution is -0.154. The molecule has 1 fully saturated rings. The highest BCUT2D eigenvalue weighted by Crippen LogP contribution is 2.25. The standard InChI is InChI=1S/C21H24N2O2/c1-21(2,23-14-13-19(23)24)20(25)22-18(17-11-7-4-8-12-17)15-16-9-5-3-6-10-16/h3-12,18H,13-15H2,1-2H3,(H,22,25). The number of likely N-dealkylation sites (tertiary alicyclic amines) is 1. The number of nitrogens with one attached hydrogen (secondary N) is 1. The second-order valence-corrected chi connectivity index (χ2v) is 6.98. The van der Waals surface area contributed by atoms with Crippen molar-refractivity contribution in [1.29, 1.82) is 0 Å². The van der Waals surface area contributed by atoms with Crippen LogP contribution in [0.2, 0.25) is 0 Å². The highest BCUT2D eigenvalue weighted by Gasteiger charge is 2.42. The second-order valence-electron chi connectivity index (χ2n) is 6.98. The molecule has 1 aliphatic heterocycles. The van der Waals surface area contributed by atoms with Crippen molar-refractivity contribution in [1.82, 2.24) is 10.2 Å². The van der Waals surface area contributed by atoms with Gasteiger partial charge >= 0.3 is 0 Å². The fourth-order valence-electron chi connectivity index (χ4n) is 3.15. The fraction of sp³-hybridized carbons (Fsp3) is 0.333. The third kappa shape index (κ3) is 3.73. The van der Waals surface area contributed by atoms with Gasteiger partial charge in [0.25, 0.3) is 0 Å². The first-order chi connectivity index (χ1) is 12.0. The zero-order chi connectivity index (χ0) is 17.9. The van der Waals surface area contributed by atoms with E-state index in [2.05, 4.69) is 17.4 Å². The van der Waals surface area contributed by atoms with Gasteiger partial charge in [-0.15, -0.1) is 0 Å². The van der Waals surface area contributed by atoms with Gasteiger partial charge in [-0.25, -0.2) is 0 Å². The molecule has 0 aromatic heterocycles. The highest BCUT2D eigenvalue weighted by molar-refractivity contribution is 5.93. The molecule has 4 nitrogen and oxygen atoms in total. The lowest BCUT2D eigenvalue weighted by atomic mass is 9.93. The number of nitrogens with zero attached hydrogens (tertiary/aromatic N) is 1. The van der Waals surface area contributed by atoms with Crippen molar-refractivity contribution >= 4 is 11.8 Å². The maximum Gasteiger partial charge on any atom is 0.245 e. The third-order valence-corrected chi connectivity index (χ3v) is 4.87. The number of hydrogen-bond donors (Lipinski definition) is 1. The molecule has 0 aliphatic carbocycles. The first-order valence-electron chi connectivity index (χ1n) is 8.69. The van der Waals surface area contributed by atoms with Crippen LogP contribution in [0.5, 0.6) is 0 Å². The molecule has 1 saturated heterocycles. The minimum absolute atomic E-state index is 0.0412. The Labute approximate surface area is 148 Å². The zero-order valence-corrected chi connectivity index (χ0v) is 14.7. The average Bonchev–Trinajstić information content (AvgIpc) is 2.61. The maximum absolute atomic E-state index is 12.9. The molecule has 4 heteroatoms. The summed E-state index contributed by atoms with van der Waals surface area (Å²) in [4.78, 5) is 26.3. The summed E-state index contributed by atoms with van der Waals surface area (Å²) in [6, 6.07) is 19.9. The van der Waals surface area contributed by atoms with E-state index in [9.17, 15) is 9.59 Å². The number of carbonyl (C=O) groups is 2. The molecule has 0 saturated carbocycles. The molecule has 1 heterocycles. The largest absolute Gasteiger partial charge is 0.347 e. The number of carbonyl (C=O) groups excluding carboxylic acids is 2. The minimum Gasteiger partial charge on any atom is -0.347 e. The molecule has 3 rings (SSSR count).